The van der Waals surface area contributed by atoms with Crippen LogP contribution in [0.3, 0.4) is 0 Å². The summed E-state index contributed by atoms with van der Waals surface area (Å²) in [5, 5.41) is 11.1. The number of thiazole rings is 1. The van der Waals surface area contributed by atoms with Gasteiger partial charge in [0.15, 0.2) is 5.13 Å². The van der Waals surface area contributed by atoms with E-state index in [-0.39, 0.29) is 5.91 Å². The third kappa shape index (κ3) is 6.07. The number of nitrogens with one attached hydrogen (secondary N) is 3. The lowest BCUT2D eigenvalue weighted by molar-refractivity contribution is -0.116. The number of rotatable bonds is 6. The molecular weight excluding hydrogens is 396 g/mol. The third-order valence-electron chi connectivity index (χ3n) is 3.80. The summed E-state index contributed by atoms with van der Waals surface area (Å²) in [6.45, 7) is 1.99. The summed E-state index contributed by atoms with van der Waals surface area (Å²) in [5.74, 6) is -0.0786. The van der Waals surface area contributed by atoms with E-state index in [1.807, 2.05) is 36.6 Å². The van der Waals surface area contributed by atoms with Crippen LogP contribution in [0.15, 0.2) is 53.9 Å². The Kier molecular flexibility index (Phi) is 6.62. The smallest absolute Gasteiger partial charge is 0.325 e. The van der Waals surface area contributed by atoms with Crippen molar-refractivity contribution in [2.75, 3.05) is 16.0 Å². The van der Waals surface area contributed by atoms with E-state index >= 15 is 0 Å². The summed E-state index contributed by atoms with van der Waals surface area (Å²) in [5.41, 5.74) is 3.26. The van der Waals surface area contributed by atoms with Gasteiger partial charge in [0.2, 0.25) is 5.91 Å². The van der Waals surface area contributed by atoms with Gasteiger partial charge >= 0.3 is 6.03 Å². The van der Waals surface area contributed by atoms with Crippen molar-refractivity contribution in [1.29, 1.82) is 0 Å². The Morgan fingerprint density at radius 2 is 1.82 bits per heavy atom. The van der Waals surface area contributed by atoms with Gasteiger partial charge in [0, 0.05) is 28.2 Å². The number of benzene rings is 2. The van der Waals surface area contributed by atoms with Crippen molar-refractivity contribution in [3.8, 4) is 0 Å². The summed E-state index contributed by atoms with van der Waals surface area (Å²) >= 11 is 7.20. The first-order valence-electron chi connectivity index (χ1n) is 8.62. The minimum atomic E-state index is -0.403. The molecule has 0 aliphatic rings. The molecule has 3 amide bonds. The van der Waals surface area contributed by atoms with Crippen LogP contribution in [0.5, 0.6) is 0 Å². The maximum absolute atomic E-state index is 12.1. The molecule has 0 aliphatic heterocycles. The molecule has 0 saturated heterocycles. The van der Waals surface area contributed by atoms with Crippen LogP contribution >= 0.6 is 22.9 Å². The molecule has 0 spiro atoms. The lowest BCUT2D eigenvalue weighted by atomic mass is 10.2. The average molecular weight is 415 g/mol. The zero-order valence-electron chi connectivity index (χ0n) is 15.2. The summed E-state index contributed by atoms with van der Waals surface area (Å²) in [7, 11) is 0. The van der Waals surface area contributed by atoms with Crippen LogP contribution in [0, 0.1) is 6.92 Å². The Morgan fingerprint density at radius 3 is 2.57 bits per heavy atom. The third-order valence-corrected chi connectivity index (χ3v) is 4.84. The van der Waals surface area contributed by atoms with Crippen molar-refractivity contribution in [3.05, 3.63) is 70.2 Å². The second kappa shape index (κ2) is 9.34. The lowest BCUT2D eigenvalue weighted by Crippen LogP contribution is -2.19. The standard InChI is InChI=1S/C20H19ClN4O2S/c1-13-5-7-15(8-6-13)22-18(26)10-9-17-12-28-20(24-17)25-19(27)23-16-4-2-3-14(21)11-16/h2-8,11-12H,9-10H2,1H3,(H,22,26)(H2,23,24,25,27). The van der Waals surface area contributed by atoms with E-state index < -0.39 is 6.03 Å². The van der Waals surface area contributed by atoms with Crippen molar-refractivity contribution in [2.45, 2.75) is 19.8 Å². The number of carbonyl (C=O) groups is 2. The molecule has 0 saturated carbocycles. The van der Waals surface area contributed by atoms with Crippen molar-refractivity contribution in [2.24, 2.45) is 0 Å². The van der Waals surface area contributed by atoms with Gasteiger partial charge in [0.25, 0.3) is 0 Å². The minimum absolute atomic E-state index is 0.0786. The van der Waals surface area contributed by atoms with E-state index in [1.165, 1.54) is 11.3 Å². The normalized spacial score (nSPS) is 10.4. The SMILES string of the molecule is Cc1ccc(NC(=O)CCc2csc(NC(=O)Nc3cccc(Cl)c3)n2)cc1. The largest absolute Gasteiger partial charge is 0.326 e. The molecule has 6 nitrogen and oxygen atoms in total. The number of anilines is 3. The van der Waals surface area contributed by atoms with Crippen LogP contribution in [0.4, 0.5) is 21.3 Å². The highest BCUT2D eigenvalue weighted by Gasteiger charge is 2.09. The number of nitrogens with zero attached hydrogens (tertiary/aromatic N) is 1. The molecule has 3 N–H and O–H groups in total. The Balaban J connectivity index is 1.46. The summed E-state index contributed by atoms with van der Waals surface area (Å²) in [6, 6.07) is 14.1. The Bertz CT molecular complexity index is 972. The first-order valence-corrected chi connectivity index (χ1v) is 9.88. The molecule has 0 fully saturated rings. The highest BCUT2D eigenvalue weighted by atomic mass is 35.5. The number of hydrogen-bond acceptors (Lipinski definition) is 4. The monoisotopic (exact) mass is 414 g/mol. The summed E-state index contributed by atoms with van der Waals surface area (Å²) in [6.07, 6.45) is 0.803. The van der Waals surface area contributed by atoms with Crippen molar-refractivity contribution in [3.63, 3.8) is 0 Å². The molecule has 0 unspecified atom stereocenters. The number of aryl methyl sites for hydroxylation is 2. The molecule has 3 aromatic rings. The van der Waals surface area contributed by atoms with Crippen LogP contribution < -0.4 is 16.0 Å². The predicted octanol–water partition coefficient (Wildman–Crippen LogP) is 5.32. The summed E-state index contributed by atoms with van der Waals surface area (Å²) < 4.78 is 0. The van der Waals surface area contributed by atoms with Gasteiger partial charge in [-0.15, -0.1) is 11.3 Å². The maximum atomic E-state index is 12.1. The molecule has 1 heterocycles. The minimum Gasteiger partial charge on any atom is -0.326 e. The number of hydrogen-bond donors (Lipinski definition) is 3. The Morgan fingerprint density at radius 1 is 1.04 bits per heavy atom. The molecule has 0 bridgehead atoms. The maximum Gasteiger partial charge on any atom is 0.325 e. The molecule has 2 aromatic carbocycles. The molecule has 1 aromatic heterocycles. The van der Waals surface area contributed by atoms with Gasteiger partial charge in [-0.1, -0.05) is 35.4 Å². The van der Waals surface area contributed by atoms with Crippen molar-refractivity contribution in [1.82, 2.24) is 4.98 Å². The van der Waals surface area contributed by atoms with Gasteiger partial charge in [0.1, 0.15) is 0 Å². The lowest BCUT2D eigenvalue weighted by Gasteiger charge is -2.05. The molecular formula is C20H19ClN4O2S. The fourth-order valence-corrected chi connectivity index (χ4v) is 3.34. The predicted molar refractivity (Wildman–Crippen MR) is 114 cm³/mol. The number of aromatic nitrogens is 1. The van der Waals surface area contributed by atoms with E-state index in [9.17, 15) is 9.59 Å². The van der Waals surface area contributed by atoms with E-state index in [1.54, 1.807) is 24.3 Å². The highest BCUT2D eigenvalue weighted by Crippen LogP contribution is 2.19. The number of urea groups is 1. The van der Waals surface area contributed by atoms with Crippen LogP contribution in [-0.2, 0) is 11.2 Å². The van der Waals surface area contributed by atoms with Crippen molar-refractivity contribution < 1.29 is 9.59 Å². The second-order valence-electron chi connectivity index (χ2n) is 6.15. The summed E-state index contributed by atoms with van der Waals surface area (Å²) in [4.78, 5) is 28.4. The number of halogens is 1. The molecule has 144 valence electrons. The number of amides is 3. The quantitative estimate of drug-likeness (QED) is 0.510. The number of carbonyl (C=O) groups excluding carboxylic acids is 2. The van der Waals surface area contributed by atoms with E-state index in [2.05, 4.69) is 20.9 Å². The fourth-order valence-electron chi connectivity index (χ4n) is 2.41. The van der Waals surface area contributed by atoms with Gasteiger partial charge in [-0.2, -0.15) is 0 Å². The molecule has 0 atom stereocenters. The van der Waals surface area contributed by atoms with E-state index in [0.29, 0.717) is 28.7 Å². The van der Waals surface area contributed by atoms with Crippen molar-refractivity contribution >= 4 is 51.4 Å². The van der Waals surface area contributed by atoms with Gasteiger partial charge in [0.05, 0.1) is 5.69 Å². The zero-order chi connectivity index (χ0) is 19.9. The van der Waals surface area contributed by atoms with Gasteiger partial charge in [-0.25, -0.2) is 9.78 Å². The molecule has 28 heavy (non-hydrogen) atoms. The zero-order valence-corrected chi connectivity index (χ0v) is 16.7. The van der Waals surface area contributed by atoms with E-state index in [4.69, 9.17) is 11.6 Å². The Hall–Kier alpha value is -2.90. The van der Waals surface area contributed by atoms with E-state index in [0.717, 1.165) is 16.9 Å². The molecule has 0 radical (unpaired) electrons. The second-order valence-corrected chi connectivity index (χ2v) is 7.44. The first-order chi connectivity index (χ1) is 13.5. The van der Waals surface area contributed by atoms with Crippen LogP contribution in [0.2, 0.25) is 5.02 Å². The van der Waals surface area contributed by atoms with Crippen LogP contribution in [0.1, 0.15) is 17.7 Å². The van der Waals surface area contributed by atoms with Gasteiger partial charge < -0.3 is 10.6 Å². The highest BCUT2D eigenvalue weighted by molar-refractivity contribution is 7.13. The van der Waals surface area contributed by atoms with Gasteiger partial charge in [-0.3, -0.25) is 10.1 Å². The topological polar surface area (TPSA) is 83.1 Å². The average Bonchev–Trinajstić information content (AvgIpc) is 3.09. The molecule has 0 aliphatic carbocycles. The Labute approximate surface area is 172 Å². The van der Waals surface area contributed by atoms with Crippen LogP contribution in [-0.4, -0.2) is 16.9 Å². The fraction of sp³-hybridized carbons (Fsp3) is 0.150. The van der Waals surface area contributed by atoms with Gasteiger partial charge in [-0.05, 0) is 43.7 Å². The van der Waals surface area contributed by atoms with Crippen LogP contribution in [0.25, 0.3) is 0 Å². The molecule has 8 heteroatoms. The first kappa shape index (κ1) is 19.9. The molecule has 3 rings (SSSR count).